The summed E-state index contributed by atoms with van der Waals surface area (Å²) in [4.78, 5) is 1.50. The first-order valence-electron chi connectivity index (χ1n) is 10.1. The highest BCUT2D eigenvalue weighted by Crippen LogP contribution is 2.43. The minimum Gasteiger partial charge on any atom is -0.249 e. The van der Waals surface area contributed by atoms with Crippen LogP contribution in [0.25, 0.3) is 0 Å². The second-order valence-corrected chi connectivity index (χ2v) is 11.2. The summed E-state index contributed by atoms with van der Waals surface area (Å²) >= 11 is 0. The predicted octanol–water partition coefficient (Wildman–Crippen LogP) is 5.13. The lowest BCUT2D eigenvalue weighted by atomic mass is 10.1. The van der Waals surface area contributed by atoms with Crippen LogP contribution in [0.4, 0.5) is 0 Å². The average molecular weight is 452 g/mol. The van der Waals surface area contributed by atoms with Gasteiger partial charge in [-0.25, -0.2) is 12.6 Å². The number of hydrogen-bond donors (Lipinski definition) is 0. The highest BCUT2D eigenvalue weighted by atomic mass is 32.2. The molecular weight excluding hydrogens is 426 g/mol. The van der Waals surface area contributed by atoms with Gasteiger partial charge in [-0.3, -0.25) is 0 Å². The zero-order valence-electron chi connectivity index (χ0n) is 17.7. The van der Waals surface area contributed by atoms with E-state index in [2.05, 4.69) is 0 Å². The maximum absolute atomic E-state index is 13.7. The summed E-state index contributed by atoms with van der Waals surface area (Å²) in [6.45, 7) is 5.74. The van der Waals surface area contributed by atoms with E-state index in [4.69, 9.17) is 0 Å². The Labute approximate surface area is 186 Å². The van der Waals surface area contributed by atoms with Crippen molar-refractivity contribution in [2.45, 2.75) is 42.6 Å². The molecule has 31 heavy (non-hydrogen) atoms. The summed E-state index contributed by atoms with van der Waals surface area (Å²) in [6.07, 6.45) is 1.83. The topological polar surface area (TPSA) is 54.5 Å². The van der Waals surface area contributed by atoms with Crippen molar-refractivity contribution in [2.75, 3.05) is 0 Å². The normalized spacial score (nSPS) is 20.4. The highest BCUT2D eigenvalue weighted by Gasteiger charge is 2.44. The Morgan fingerprint density at radius 3 is 1.94 bits per heavy atom. The molecule has 6 heteroatoms. The zero-order valence-corrected chi connectivity index (χ0v) is 19.4. The van der Waals surface area contributed by atoms with E-state index in [0.717, 1.165) is 16.7 Å². The molecule has 4 nitrogen and oxygen atoms in total. The largest absolute Gasteiger partial charge is 0.249 e. The van der Waals surface area contributed by atoms with Crippen LogP contribution in [0.1, 0.15) is 29.7 Å². The van der Waals surface area contributed by atoms with E-state index >= 15 is 0 Å². The first kappa shape index (κ1) is 21.7. The summed E-state index contributed by atoms with van der Waals surface area (Å²) in [5.74, 6) is 0. The van der Waals surface area contributed by atoms with Crippen molar-refractivity contribution in [3.63, 3.8) is 0 Å². The summed E-state index contributed by atoms with van der Waals surface area (Å²) in [5.41, 5.74) is 2.87. The van der Waals surface area contributed by atoms with E-state index in [-0.39, 0.29) is 4.90 Å². The fourth-order valence-corrected chi connectivity index (χ4v) is 7.09. The summed E-state index contributed by atoms with van der Waals surface area (Å²) in [5, 5.41) is 0. The first-order valence-corrected chi connectivity index (χ1v) is 12.7. The second-order valence-electron chi connectivity index (χ2n) is 7.85. The molecule has 3 aromatic carbocycles. The molecule has 0 aromatic heterocycles. The van der Waals surface area contributed by atoms with Crippen molar-refractivity contribution in [3.8, 4) is 0 Å². The lowest BCUT2D eigenvalue weighted by Crippen LogP contribution is -2.37. The Morgan fingerprint density at radius 2 is 1.35 bits per heavy atom. The van der Waals surface area contributed by atoms with Gasteiger partial charge in [-0.1, -0.05) is 71.8 Å². The number of nitrogens with zero attached hydrogens (tertiary/aromatic N) is 1. The maximum atomic E-state index is 13.7. The molecule has 1 aliphatic heterocycles. The van der Waals surface area contributed by atoms with Crippen molar-refractivity contribution in [2.24, 2.45) is 0 Å². The van der Waals surface area contributed by atoms with Gasteiger partial charge in [0.25, 0.3) is 0 Å². The quantitative estimate of drug-likeness (QED) is 0.540. The molecule has 0 N–H and O–H groups in total. The SMILES string of the molecule is Cc1ccc(S(=O)C2=C[C@@H](C)N(S(=O)(=O)c3ccc(C)cc3)[C@H]2c2ccccc2)cc1. The number of benzene rings is 3. The molecule has 0 fully saturated rings. The Morgan fingerprint density at radius 1 is 0.806 bits per heavy atom. The Balaban J connectivity index is 1.82. The smallest absolute Gasteiger partial charge is 0.244 e. The van der Waals surface area contributed by atoms with Crippen LogP contribution in [-0.2, 0) is 20.8 Å². The van der Waals surface area contributed by atoms with Crippen LogP contribution in [0.15, 0.2) is 99.6 Å². The lowest BCUT2D eigenvalue weighted by Gasteiger charge is -2.29. The molecule has 0 amide bonds. The summed E-state index contributed by atoms with van der Waals surface area (Å²) in [7, 11) is -5.29. The Hall–Kier alpha value is -2.54. The molecule has 0 bridgehead atoms. The molecular formula is C25H25NO3S2. The Bertz CT molecular complexity index is 1230. The number of sulfonamides is 1. The van der Waals surface area contributed by atoms with Crippen LogP contribution >= 0.6 is 0 Å². The van der Waals surface area contributed by atoms with Gasteiger partial charge in [-0.15, -0.1) is 0 Å². The molecule has 0 saturated carbocycles. The number of rotatable bonds is 5. The molecule has 3 aromatic rings. The average Bonchev–Trinajstić information content (AvgIpc) is 3.12. The van der Waals surface area contributed by atoms with Gasteiger partial charge in [-0.2, -0.15) is 4.31 Å². The molecule has 0 spiro atoms. The van der Waals surface area contributed by atoms with Crippen LogP contribution in [0, 0.1) is 13.8 Å². The second kappa shape index (κ2) is 8.54. The fraction of sp³-hybridized carbons (Fsp3) is 0.200. The van der Waals surface area contributed by atoms with E-state index in [1.807, 2.05) is 81.4 Å². The molecule has 160 valence electrons. The van der Waals surface area contributed by atoms with Crippen LogP contribution in [-0.4, -0.2) is 23.0 Å². The molecule has 3 atom stereocenters. The van der Waals surface area contributed by atoms with E-state index in [0.29, 0.717) is 9.80 Å². The van der Waals surface area contributed by atoms with E-state index in [1.54, 1.807) is 24.3 Å². The number of aryl methyl sites for hydroxylation is 2. The van der Waals surface area contributed by atoms with Gasteiger partial charge in [0.15, 0.2) is 0 Å². The van der Waals surface area contributed by atoms with Crippen molar-refractivity contribution in [1.29, 1.82) is 0 Å². The summed E-state index contributed by atoms with van der Waals surface area (Å²) < 4.78 is 42.4. The molecule has 1 heterocycles. The van der Waals surface area contributed by atoms with Crippen LogP contribution < -0.4 is 0 Å². The standard InChI is InChI=1S/C25H25NO3S2/c1-18-9-13-22(14-10-18)30(27)24-17-20(3)26(25(24)21-7-5-4-6-8-21)31(28,29)23-15-11-19(2)12-16-23/h4-17,20,25H,1-3H3/t20-,25+,30?/m1/s1. The fourth-order valence-electron chi connectivity index (χ4n) is 3.86. The van der Waals surface area contributed by atoms with Gasteiger partial charge < -0.3 is 0 Å². The van der Waals surface area contributed by atoms with Gasteiger partial charge in [0.05, 0.1) is 21.7 Å². The Kier molecular flexibility index (Phi) is 5.97. The minimum atomic E-state index is -3.81. The summed E-state index contributed by atoms with van der Waals surface area (Å²) in [6, 6.07) is 22.7. The van der Waals surface area contributed by atoms with E-state index < -0.39 is 32.9 Å². The zero-order chi connectivity index (χ0) is 22.2. The number of hydrogen-bond acceptors (Lipinski definition) is 3. The van der Waals surface area contributed by atoms with Crippen molar-refractivity contribution < 1.29 is 12.6 Å². The molecule has 1 aliphatic rings. The van der Waals surface area contributed by atoms with E-state index in [9.17, 15) is 12.6 Å². The molecule has 0 saturated heterocycles. The van der Waals surface area contributed by atoms with Gasteiger partial charge in [-0.05, 0) is 50.6 Å². The van der Waals surface area contributed by atoms with Crippen LogP contribution in [0.3, 0.4) is 0 Å². The van der Waals surface area contributed by atoms with E-state index in [1.165, 1.54) is 4.31 Å². The third-order valence-electron chi connectivity index (χ3n) is 5.49. The third-order valence-corrected chi connectivity index (χ3v) is 8.95. The monoisotopic (exact) mass is 451 g/mol. The first-order chi connectivity index (χ1) is 14.8. The third kappa shape index (κ3) is 4.15. The lowest BCUT2D eigenvalue weighted by molar-refractivity contribution is 0.357. The van der Waals surface area contributed by atoms with Gasteiger partial charge in [0.2, 0.25) is 10.0 Å². The molecule has 0 aliphatic carbocycles. The maximum Gasteiger partial charge on any atom is 0.244 e. The van der Waals surface area contributed by atoms with Crippen LogP contribution in [0.5, 0.6) is 0 Å². The minimum absolute atomic E-state index is 0.238. The molecule has 4 rings (SSSR count). The molecule has 0 radical (unpaired) electrons. The van der Waals surface area contributed by atoms with Crippen molar-refractivity contribution in [3.05, 3.63) is 107 Å². The molecule has 1 unspecified atom stereocenters. The van der Waals surface area contributed by atoms with Crippen molar-refractivity contribution in [1.82, 2.24) is 4.31 Å². The predicted molar refractivity (Wildman–Crippen MR) is 125 cm³/mol. The van der Waals surface area contributed by atoms with Gasteiger partial charge >= 0.3 is 0 Å². The van der Waals surface area contributed by atoms with Gasteiger partial charge in [0.1, 0.15) is 0 Å². The van der Waals surface area contributed by atoms with Crippen molar-refractivity contribution >= 4 is 20.8 Å². The van der Waals surface area contributed by atoms with Gasteiger partial charge in [0, 0.05) is 15.8 Å². The van der Waals surface area contributed by atoms with Crippen LogP contribution in [0.2, 0.25) is 0 Å². The highest BCUT2D eigenvalue weighted by molar-refractivity contribution is 7.90.